The summed E-state index contributed by atoms with van der Waals surface area (Å²) in [7, 11) is 1.92. The summed E-state index contributed by atoms with van der Waals surface area (Å²) in [4.78, 5) is 31.4. The second kappa shape index (κ2) is 11.4. The van der Waals surface area contributed by atoms with Crippen molar-refractivity contribution in [2.24, 2.45) is 7.05 Å². The summed E-state index contributed by atoms with van der Waals surface area (Å²) in [6.45, 7) is 4.27. The molecule has 0 bridgehead atoms. The molecule has 3 aromatic carbocycles. The Kier molecular flexibility index (Phi) is 7.80. The number of carbonyl (C=O) groups excluding carboxylic acids is 2. The lowest BCUT2D eigenvalue weighted by Crippen LogP contribution is -2.33. The van der Waals surface area contributed by atoms with Crippen molar-refractivity contribution in [1.82, 2.24) is 14.5 Å². The van der Waals surface area contributed by atoms with E-state index >= 15 is 0 Å². The molecule has 0 saturated carbocycles. The van der Waals surface area contributed by atoms with Crippen LogP contribution in [-0.2, 0) is 25.0 Å². The van der Waals surface area contributed by atoms with Crippen LogP contribution in [-0.4, -0.2) is 26.3 Å². The number of hydrogen-bond donors (Lipinski definition) is 1. The van der Waals surface area contributed by atoms with Gasteiger partial charge < -0.3 is 19.5 Å². The van der Waals surface area contributed by atoms with Gasteiger partial charge >= 0.3 is 0 Å². The van der Waals surface area contributed by atoms with Gasteiger partial charge in [0.05, 0.1) is 6.04 Å². The monoisotopic (exact) mass is 482 g/mol. The van der Waals surface area contributed by atoms with E-state index in [4.69, 9.17) is 4.74 Å². The van der Waals surface area contributed by atoms with E-state index in [2.05, 4.69) is 10.3 Å². The number of amides is 2. The van der Waals surface area contributed by atoms with Crippen molar-refractivity contribution in [3.8, 4) is 5.75 Å². The van der Waals surface area contributed by atoms with Gasteiger partial charge in [0.2, 0.25) is 5.91 Å². The lowest BCUT2D eigenvalue weighted by atomic mass is 10.0. The van der Waals surface area contributed by atoms with Crippen LogP contribution < -0.4 is 10.1 Å². The van der Waals surface area contributed by atoms with Gasteiger partial charge in [-0.05, 0) is 54.4 Å². The summed E-state index contributed by atoms with van der Waals surface area (Å²) < 4.78 is 7.75. The van der Waals surface area contributed by atoms with Crippen molar-refractivity contribution in [2.45, 2.75) is 33.0 Å². The molecule has 4 rings (SSSR count). The normalized spacial score (nSPS) is 11.5. The summed E-state index contributed by atoms with van der Waals surface area (Å²) in [6, 6.07) is 24.5. The maximum Gasteiger partial charge on any atom is 0.254 e. The van der Waals surface area contributed by atoms with Crippen molar-refractivity contribution < 1.29 is 14.3 Å². The quantitative estimate of drug-likeness (QED) is 0.348. The number of benzene rings is 3. The highest BCUT2D eigenvalue weighted by atomic mass is 16.5. The third-order valence-corrected chi connectivity index (χ3v) is 6.00. The van der Waals surface area contributed by atoms with Crippen molar-refractivity contribution in [2.75, 3.05) is 5.32 Å². The number of nitrogens with zero attached hydrogens (tertiary/aromatic N) is 3. The molecule has 1 unspecified atom stereocenters. The fourth-order valence-electron chi connectivity index (χ4n) is 3.97. The molecule has 184 valence electrons. The average Bonchev–Trinajstić information content (AvgIpc) is 3.30. The molecule has 1 N–H and O–H groups in total. The van der Waals surface area contributed by atoms with Crippen LogP contribution in [0.3, 0.4) is 0 Å². The van der Waals surface area contributed by atoms with Crippen LogP contribution in [0.5, 0.6) is 5.75 Å². The van der Waals surface area contributed by atoms with Crippen LogP contribution in [0.15, 0.2) is 91.3 Å². The smallest absolute Gasteiger partial charge is 0.254 e. The van der Waals surface area contributed by atoms with Gasteiger partial charge in [0, 0.05) is 44.2 Å². The largest absolute Gasteiger partial charge is 0.486 e. The zero-order chi connectivity index (χ0) is 25.5. The van der Waals surface area contributed by atoms with Gasteiger partial charge in [0.15, 0.2) is 0 Å². The summed E-state index contributed by atoms with van der Waals surface area (Å²) in [5, 5.41) is 2.82. The number of aromatic nitrogens is 2. The molecular weight excluding hydrogens is 452 g/mol. The van der Waals surface area contributed by atoms with E-state index in [1.54, 1.807) is 30.5 Å². The van der Waals surface area contributed by atoms with Crippen molar-refractivity contribution >= 4 is 17.5 Å². The highest BCUT2D eigenvalue weighted by Gasteiger charge is 2.23. The molecule has 0 aliphatic heterocycles. The molecule has 4 aromatic rings. The number of nitrogens with one attached hydrogen (secondary N) is 1. The Bertz CT molecular complexity index is 1320. The van der Waals surface area contributed by atoms with Crippen LogP contribution in [0.1, 0.15) is 47.2 Å². The molecule has 0 aliphatic rings. The average molecular weight is 483 g/mol. The minimum absolute atomic E-state index is 0.0908. The Morgan fingerprint density at radius 3 is 2.44 bits per heavy atom. The zero-order valence-corrected chi connectivity index (χ0v) is 20.7. The number of anilines is 1. The molecule has 2 amide bonds. The Labute approximate surface area is 211 Å². The SMILES string of the molecule is CC(=O)Nc1cccc(C(C)N(Cc2ccccc2)C(=O)c2ccc(OCc3nccn3C)cc2)c1. The first-order valence-corrected chi connectivity index (χ1v) is 11.8. The predicted molar refractivity (Wildman–Crippen MR) is 139 cm³/mol. The molecule has 7 heteroatoms. The Morgan fingerprint density at radius 1 is 1.03 bits per heavy atom. The van der Waals surface area contributed by atoms with Gasteiger partial charge in [0.25, 0.3) is 5.91 Å². The predicted octanol–water partition coefficient (Wildman–Crippen LogP) is 5.36. The van der Waals surface area contributed by atoms with Crippen LogP contribution >= 0.6 is 0 Å². The lowest BCUT2D eigenvalue weighted by molar-refractivity contribution is -0.114. The molecule has 1 atom stereocenters. The van der Waals surface area contributed by atoms with Crippen LogP contribution in [0.4, 0.5) is 5.69 Å². The van der Waals surface area contributed by atoms with Gasteiger partial charge in [-0.25, -0.2) is 4.98 Å². The van der Waals surface area contributed by atoms with Crippen LogP contribution in [0.25, 0.3) is 0 Å². The van der Waals surface area contributed by atoms with E-state index in [9.17, 15) is 9.59 Å². The Balaban J connectivity index is 1.55. The van der Waals surface area contributed by atoms with Gasteiger partial charge in [-0.3, -0.25) is 9.59 Å². The molecule has 0 saturated heterocycles. The number of aryl methyl sites for hydroxylation is 1. The van der Waals surface area contributed by atoms with E-state index in [1.165, 1.54) is 6.92 Å². The van der Waals surface area contributed by atoms with E-state index in [1.807, 2.05) is 84.2 Å². The molecule has 7 nitrogen and oxygen atoms in total. The Hall–Kier alpha value is -4.39. The van der Waals surface area contributed by atoms with Crippen molar-refractivity contribution in [3.05, 3.63) is 114 Å². The van der Waals surface area contributed by atoms with Gasteiger partial charge in [-0.15, -0.1) is 0 Å². The third-order valence-electron chi connectivity index (χ3n) is 6.00. The summed E-state index contributed by atoms with van der Waals surface area (Å²) >= 11 is 0. The first kappa shape index (κ1) is 24.7. The molecule has 1 aromatic heterocycles. The van der Waals surface area contributed by atoms with E-state index < -0.39 is 0 Å². The minimum atomic E-state index is -0.231. The van der Waals surface area contributed by atoms with Crippen molar-refractivity contribution in [3.63, 3.8) is 0 Å². The highest BCUT2D eigenvalue weighted by molar-refractivity contribution is 5.94. The van der Waals surface area contributed by atoms with E-state index in [0.717, 1.165) is 17.0 Å². The first-order valence-electron chi connectivity index (χ1n) is 11.8. The molecule has 0 fully saturated rings. The second-order valence-electron chi connectivity index (χ2n) is 8.67. The molecular formula is C29H30N4O3. The maximum absolute atomic E-state index is 13.7. The fourth-order valence-corrected chi connectivity index (χ4v) is 3.97. The second-order valence-corrected chi connectivity index (χ2v) is 8.67. The van der Waals surface area contributed by atoms with Crippen LogP contribution in [0, 0.1) is 0 Å². The fraction of sp³-hybridized carbons (Fsp3) is 0.207. The summed E-state index contributed by atoms with van der Waals surface area (Å²) in [6.07, 6.45) is 3.60. The lowest BCUT2D eigenvalue weighted by Gasteiger charge is -2.30. The number of carbonyl (C=O) groups is 2. The van der Waals surface area contributed by atoms with Crippen molar-refractivity contribution in [1.29, 1.82) is 0 Å². The number of imidazole rings is 1. The summed E-state index contributed by atoms with van der Waals surface area (Å²) in [5.41, 5.74) is 3.24. The van der Waals surface area contributed by atoms with Gasteiger partial charge in [-0.2, -0.15) is 0 Å². The minimum Gasteiger partial charge on any atom is -0.486 e. The highest BCUT2D eigenvalue weighted by Crippen LogP contribution is 2.27. The van der Waals surface area contributed by atoms with Gasteiger partial charge in [0.1, 0.15) is 18.2 Å². The molecule has 36 heavy (non-hydrogen) atoms. The molecule has 0 radical (unpaired) electrons. The molecule has 1 heterocycles. The first-order chi connectivity index (χ1) is 17.4. The summed E-state index contributed by atoms with van der Waals surface area (Å²) in [5.74, 6) is 1.26. The Morgan fingerprint density at radius 2 is 1.78 bits per heavy atom. The molecule has 0 spiro atoms. The topological polar surface area (TPSA) is 76.5 Å². The van der Waals surface area contributed by atoms with E-state index in [0.29, 0.717) is 30.2 Å². The number of hydrogen-bond acceptors (Lipinski definition) is 4. The maximum atomic E-state index is 13.7. The number of rotatable bonds is 9. The van der Waals surface area contributed by atoms with Crippen LogP contribution in [0.2, 0.25) is 0 Å². The van der Waals surface area contributed by atoms with Gasteiger partial charge in [-0.1, -0.05) is 42.5 Å². The molecule has 0 aliphatic carbocycles. The number of ether oxygens (including phenoxy) is 1. The van der Waals surface area contributed by atoms with E-state index in [-0.39, 0.29) is 17.9 Å². The zero-order valence-electron chi connectivity index (χ0n) is 20.7. The third kappa shape index (κ3) is 6.18. The standard InChI is InChI=1S/C29H30N4O3/c1-21(25-10-7-11-26(18-25)31-22(2)34)33(19-23-8-5-4-6-9-23)29(35)24-12-14-27(15-13-24)36-20-28-30-16-17-32(28)3/h4-18,21H,19-20H2,1-3H3,(H,31,34).